The molecule has 1 fully saturated rings. The molecule has 1 heterocycles. The van der Waals surface area contributed by atoms with E-state index in [1.807, 2.05) is 60.7 Å². The van der Waals surface area contributed by atoms with Gasteiger partial charge in [0.05, 0.1) is 11.7 Å². The highest BCUT2D eigenvalue weighted by molar-refractivity contribution is 7.89. The van der Waals surface area contributed by atoms with E-state index in [0.717, 1.165) is 30.5 Å². The molecule has 1 atom stereocenters. The summed E-state index contributed by atoms with van der Waals surface area (Å²) in [5.74, 6) is -0.185. The quantitative estimate of drug-likeness (QED) is 0.716. The summed E-state index contributed by atoms with van der Waals surface area (Å²) in [7, 11) is -1.59. The second-order valence-corrected chi connectivity index (χ2v) is 9.42. The van der Waals surface area contributed by atoms with Crippen LogP contribution in [0.4, 0.5) is 5.69 Å². The number of aryl methyl sites for hydroxylation is 1. The monoisotopic (exact) mass is 400 g/mol. The number of para-hydroxylation sites is 1. The van der Waals surface area contributed by atoms with Gasteiger partial charge in [-0.3, -0.25) is 4.79 Å². The maximum Gasteiger partial charge on any atom is 0.231 e. The minimum atomic E-state index is -3.35. The summed E-state index contributed by atoms with van der Waals surface area (Å²) in [6.07, 6.45) is 2.78. The Morgan fingerprint density at radius 1 is 1.07 bits per heavy atom. The number of carbonyl (C=O) groups is 1. The van der Waals surface area contributed by atoms with Crippen LogP contribution in [0, 0.1) is 5.92 Å². The van der Waals surface area contributed by atoms with Crippen LogP contribution in [0.25, 0.3) is 0 Å². The third kappa shape index (κ3) is 5.20. The molecule has 6 heteroatoms. The van der Waals surface area contributed by atoms with Gasteiger partial charge in [-0.25, -0.2) is 12.7 Å². The first-order chi connectivity index (χ1) is 13.5. The van der Waals surface area contributed by atoms with Gasteiger partial charge in [0.1, 0.15) is 0 Å². The van der Waals surface area contributed by atoms with Crippen LogP contribution in [0.3, 0.4) is 0 Å². The van der Waals surface area contributed by atoms with Gasteiger partial charge in [0, 0.05) is 25.8 Å². The van der Waals surface area contributed by atoms with Gasteiger partial charge in [0.2, 0.25) is 15.9 Å². The molecule has 3 rings (SSSR count). The second-order valence-electron chi connectivity index (χ2n) is 7.34. The smallest absolute Gasteiger partial charge is 0.231 e. The standard InChI is InChI=1S/C22H28N2O3S/c1-23(21-14-6-3-7-15-21)22(25)20-13-8-16-24(18-20)28(26,27)17-9-12-19-10-4-2-5-11-19/h2-7,10-11,14-15,20H,8-9,12-13,16-18H2,1H3/t20-/m0/s1. The van der Waals surface area contributed by atoms with Crippen LogP contribution in [0.5, 0.6) is 0 Å². The van der Waals surface area contributed by atoms with Gasteiger partial charge < -0.3 is 4.90 Å². The van der Waals surface area contributed by atoms with E-state index in [2.05, 4.69) is 0 Å². The number of benzene rings is 2. The van der Waals surface area contributed by atoms with Crippen molar-refractivity contribution in [1.82, 2.24) is 4.31 Å². The lowest BCUT2D eigenvalue weighted by atomic mass is 9.98. The van der Waals surface area contributed by atoms with Crippen LogP contribution in [0.15, 0.2) is 60.7 Å². The lowest BCUT2D eigenvalue weighted by molar-refractivity contribution is -0.123. The van der Waals surface area contributed by atoms with Gasteiger partial charge in [-0.15, -0.1) is 0 Å². The van der Waals surface area contributed by atoms with Crippen molar-refractivity contribution in [2.24, 2.45) is 5.92 Å². The molecule has 1 saturated heterocycles. The highest BCUT2D eigenvalue weighted by Gasteiger charge is 2.33. The van der Waals surface area contributed by atoms with E-state index in [9.17, 15) is 13.2 Å². The van der Waals surface area contributed by atoms with Crippen LogP contribution in [-0.2, 0) is 21.2 Å². The Hall–Kier alpha value is -2.18. The third-order valence-corrected chi connectivity index (χ3v) is 7.23. The second kappa shape index (κ2) is 9.34. The Morgan fingerprint density at radius 2 is 1.71 bits per heavy atom. The summed E-state index contributed by atoms with van der Waals surface area (Å²) in [5.41, 5.74) is 1.98. The molecule has 0 N–H and O–H groups in total. The predicted octanol–water partition coefficient (Wildman–Crippen LogP) is 3.32. The van der Waals surface area contributed by atoms with Crippen LogP contribution in [0.1, 0.15) is 24.8 Å². The van der Waals surface area contributed by atoms with Gasteiger partial charge in [-0.2, -0.15) is 0 Å². The van der Waals surface area contributed by atoms with Crippen molar-refractivity contribution in [1.29, 1.82) is 0 Å². The van der Waals surface area contributed by atoms with Crippen molar-refractivity contribution in [3.8, 4) is 0 Å². The predicted molar refractivity (Wildman–Crippen MR) is 113 cm³/mol. The third-order valence-electron chi connectivity index (χ3n) is 5.31. The summed E-state index contributed by atoms with van der Waals surface area (Å²) in [6, 6.07) is 19.4. The minimum absolute atomic E-state index is 0.0182. The van der Waals surface area contributed by atoms with Crippen LogP contribution < -0.4 is 4.90 Å². The van der Waals surface area contributed by atoms with Crippen molar-refractivity contribution < 1.29 is 13.2 Å². The number of rotatable bonds is 7. The van der Waals surface area contributed by atoms with E-state index in [4.69, 9.17) is 0 Å². The number of amides is 1. The summed E-state index contributed by atoms with van der Waals surface area (Å²) < 4.78 is 27.1. The average molecular weight is 401 g/mol. The SMILES string of the molecule is CN(C(=O)[C@H]1CCCN(S(=O)(=O)CCCc2ccccc2)C1)c1ccccc1. The molecule has 0 saturated carbocycles. The summed E-state index contributed by atoms with van der Waals surface area (Å²) >= 11 is 0. The fourth-order valence-electron chi connectivity index (χ4n) is 3.68. The first kappa shape index (κ1) is 20.6. The largest absolute Gasteiger partial charge is 0.315 e. The molecular formula is C22H28N2O3S. The van der Waals surface area contributed by atoms with Crippen molar-refractivity contribution in [2.45, 2.75) is 25.7 Å². The van der Waals surface area contributed by atoms with Gasteiger partial charge in [0.25, 0.3) is 0 Å². The van der Waals surface area contributed by atoms with Gasteiger partial charge in [0.15, 0.2) is 0 Å². The molecule has 0 radical (unpaired) electrons. The number of hydrogen-bond donors (Lipinski definition) is 0. The number of sulfonamides is 1. The van der Waals surface area contributed by atoms with E-state index in [1.54, 1.807) is 11.9 Å². The molecule has 1 aliphatic rings. The molecule has 5 nitrogen and oxygen atoms in total. The molecule has 0 bridgehead atoms. The van der Waals surface area contributed by atoms with Gasteiger partial charge in [-0.05, 0) is 43.4 Å². The normalized spacial score (nSPS) is 18.0. The zero-order valence-electron chi connectivity index (χ0n) is 16.3. The van der Waals surface area contributed by atoms with Gasteiger partial charge >= 0.3 is 0 Å². The summed E-state index contributed by atoms with van der Waals surface area (Å²) in [5, 5.41) is 0. The highest BCUT2D eigenvalue weighted by Crippen LogP contribution is 2.24. The van der Waals surface area contributed by atoms with Crippen LogP contribution in [0.2, 0.25) is 0 Å². The van der Waals surface area contributed by atoms with E-state index in [1.165, 1.54) is 4.31 Å². The van der Waals surface area contributed by atoms with Gasteiger partial charge in [-0.1, -0.05) is 48.5 Å². The molecule has 0 spiro atoms. The average Bonchev–Trinajstić information content (AvgIpc) is 2.74. The number of nitrogens with zero attached hydrogens (tertiary/aromatic N) is 2. The lowest BCUT2D eigenvalue weighted by Gasteiger charge is -2.33. The fraction of sp³-hybridized carbons (Fsp3) is 0.409. The van der Waals surface area contributed by atoms with Crippen LogP contribution in [-0.4, -0.2) is 44.5 Å². The number of piperidine rings is 1. The zero-order chi connectivity index (χ0) is 20.0. The maximum absolute atomic E-state index is 12.9. The van der Waals surface area contributed by atoms with Crippen molar-refractivity contribution in [2.75, 3.05) is 30.8 Å². The van der Waals surface area contributed by atoms with E-state index in [0.29, 0.717) is 13.0 Å². The molecule has 2 aromatic rings. The topological polar surface area (TPSA) is 57.7 Å². The molecule has 0 unspecified atom stereocenters. The Balaban J connectivity index is 1.58. The van der Waals surface area contributed by atoms with Crippen molar-refractivity contribution >= 4 is 21.6 Å². The first-order valence-electron chi connectivity index (χ1n) is 9.82. The lowest BCUT2D eigenvalue weighted by Crippen LogP contribution is -2.46. The molecule has 1 amide bonds. The number of anilines is 1. The Morgan fingerprint density at radius 3 is 2.39 bits per heavy atom. The Labute approximate surface area is 168 Å². The Kier molecular flexibility index (Phi) is 6.86. The highest BCUT2D eigenvalue weighted by atomic mass is 32.2. The molecule has 1 aliphatic heterocycles. The molecule has 0 aromatic heterocycles. The fourth-order valence-corrected chi connectivity index (χ4v) is 5.26. The molecule has 150 valence electrons. The van der Waals surface area contributed by atoms with Crippen molar-refractivity contribution in [3.05, 3.63) is 66.2 Å². The number of carbonyl (C=O) groups excluding carboxylic acids is 1. The van der Waals surface area contributed by atoms with Crippen LogP contribution >= 0.6 is 0 Å². The van der Waals surface area contributed by atoms with Crippen molar-refractivity contribution in [3.63, 3.8) is 0 Å². The molecule has 28 heavy (non-hydrogen) atoms. The number of hydrogen-bond acceptors (Lipinski definition) is 3. The summed E-state index contributed by atoms with van der Waals surface area (Å²) in [6.45, 7) is 0.788. The van der Waals surface area contributed by atoms with E-state index < -0.39 is 10.0 Å². The molecule has 0 aliphatic carbocycles. The minimum Gasteiger partial charge on any atom is -0.315 e. The maximum atomic E-state index is 12.9. The molecular weight excluding hydrogens is 372 g/mol. The van der Waals surface area contributed by atoms with E-state index in [-0.39, 0.29) is 24.1 Å². The van der Waals surface area contributed by atoms with E-state index >= 15 is 0 Å². The first-order valence-corrected chi connectivity index (χ1v) is 11.4. The zero-order valence-corrected chi connectivity index (χ0v) is 17.1. The summed E-state index contributed by atoms with van der Waals surface area (Å²) in [4.78, 5) is 14.5. The Bertz CT molecular complexity index is 869. The molecule has 2 aromatic carbocycles.